The van der Waals surface area contributed by atoms with Gasteiger partial charge in [0.25, 0.3) is 0 Å². The summed E-state index contributed by atoms with van der Waals surface area (Å²) in [5.74, 6) is 0.323. The van der Waals surface area contributed by atoms with Crippen LogP contribution in [0.4, 0.5) is 10.1 Å². The van der Waals surface area contributed by atoms with Gasteiger partial charge in [0.1, 0.15) is 23.2 Å². The zero-order chi connectivity index (χ0) is 14.4. The summed E-state index contributed by atoms with van der Waals surface area (Å²) in [7, 11) is 1.63. The zero-order valence-electron chi connectivity index (χ0n) is 11.2. The lowest BCUT2D eigenvalue weighted by Gasteiger charge is -2.11. The van der Waals surface area contributed by atoms with Crippen LogP contribution in [0.3, 0.4) is 0 Å². The van der Waals surface area contributed by atoms with E-state index in [9.17, 15) is 4.39 Å². The van der Waals surface area contributed by atoms with Crippen molar-refractivity contribution in [3.63, 3.8) is 0 Å². The van der Waals surface area contributed by atoms with Gasteiger partial charge >= 0.3 is 0 Å². The van der Waals surface area contributed by atoms with Crippen molar-refractivity contribution in [3.05, 3.63) is 59.4 Å². The smallest absolute Gasteiger partial charge is 0.143 e. The minimum atomic E-state index is -0.505. The first-order chi connectivity index (χ1) is 9.76. The average molecular weight is 270 g/mol. The van der Waals surface area contributed by atoms with Gasteiger partial charge in [-0.3, -0.25) is 0 Å². The van der Waals surface area contributed by atoms with E-state index in [0.29, 0.717) is 12.2 Å². The van der Waals surface area contributed by atoms with E-state index < -0.39 is 5.82 Å². The minimum absolute atomic E-state index is 0.0486. The number of nitriles is 1. The van der Waals surface area contributed by atoms with Crippen molar-refractivity contribution in [1.82, 2.24) is 0 Å². The maximum Gasteiger partial charge on any atom is 0.143 e. The number of hydrogen-bond donors (Lipinski definition) is 1. The molecule has 0 unspecified atom stereocenters. The zero-order valence-corrected chi connectivity index (χ0v) is 11.2. The number of anilines is 1. The molecule has 0 aliphatic rings. The van der Waals surface area contributed by atoms with Crippen molar-refractivity contribution in [1.29, 1.82) is 5.26 Å². The lowest BCUT2D eigenvalue weighted by molar-refractivity contribution is 0.410. The number of rotatable bonds is 5. The van der Waals surface area contributed by atoms with E-state index in [2.05, 4.69) is 5.32 Å². The van der Waals surface area contributed by atoms with Crippen LogP contribution in [0.25, 0.3) is 0 Å². The molecule has 0 heterocycles. The Morgan fingerprint density at radius 2 is 2.00 bits per heavy atom. The summed E-state index contributed by atoms with van der Waals surface area (Å²) in [4.78, 5) is 0. The first-order valence-electron chi connectivity index (χ1n) is 6.30. The fraction of sp³-hybridized carbons (Fsp3) is 0.188. The molecule has 20 heavy (non-hydrogen) atoms. The SMILES string of the molecule is COc1ccccc1CCNc1cccc(F)c1C#N. The van der Waals surface area contributed by atoms with Crippen LogP contribution in [-0.4, -0.2) is 13.7 Å². The van der Waals surface area contributed by atoms with Gasteiger partial charge in [-0.15, -0.1) is 0 Å². The predicted octanol–water partition coefficient (Wildman–Crippen LogP) is 3.36. The summed E-state index contributed by atoms with van der Waals surface area (Å²) in [6.07, 6.45) is 0.728. The Balaban J connectivity index is 2.04. The Kier molecular flexibility index (Phi) is 4.56. The Labute approximate surface area is 117 Å². The number of para-hydroxylation sites is 1. The van der Waals surface area contributed by atoms with Crippen molar-refractivity contribution in [2.24, 2.45) is 0 Å². The molecule has 2 aromatic carbocycles. The molecule has 0 fully saturated rings. The van der Waals surface area contributed by atoms with Gasteiger partial charge in [0, 0.05) is 6.54 Å². The van der Waals surface area contributed by atoms with E-state index >= 15 is 0 Å². The van der Waals surface area contributed by atoms with Gasteiger partial charge < -0.3 is 10.1 Å². The number of halogens is 1. The molecule has 0 saturated heterocycles. The summed E-state index contributed by atoms with van der Waals surface area (Å²) in [5.41, 5.74) is 1.63. The molecule has 4 heteroatoms. The minimum Gasteiger partial charge on any atom is -0.496 e. The van der Waals surface area contributed by atoms with Crippen LogP contribution < -0.4 is 10.1 Å². The fourth-order valence-corrected chi connectivity index (χ4v) is 2.03. The quantitative estimate of drug-likeness (QED) is 0.906. The maximum atomic E-state index is 13.4. The number of nitrogens with one attached hydrogen (secondary N) is 1. The Bertz CT molecular complexity index is 635. The highest BCUT2D eigenvalue weighted by Gasteiger charge is 2.07. The van der Waals surface area contributed by atoms with E-state index in [1.807, 2.05) is 30.3 Å². The molecule has 1 N–H and O–H groups in total. The number of benzene rings is 2. The summed E-state index contributed by atoms with van der Waals surface area (Å²) < 4.78 is 18.7. The molecule has 0 amide bonds. The third kappa shape index (κ3) is 3.07. The molecule has 0 aromatic heterocycles. The maximum absolute atomic E-state index is 13.4. The molecule has 3 nitrogen and oxygen atoms in total. The van der Waals surface area contributed by atoms with Gasteiger partial charge in [-0.2, -0.15) is 5.26 Å². The molecule has 2 rings (SSSR count). The number of ether oxygens (including phenoxy) is 1. The highest BCUT2D eigenvalue weighted by atomic mass is 19.1. The van der Waals surface area contributed by atoms with Crippen LogP contribution in [-0.2, 0) is 6.42 Å². The molecule has 0 aliphatic carbocycles. The number of nitrogens with zero attached hydrogens (tertiary/aromatic N) is 1. The van der Waals surface area contributed by atoms with Crippen LogP contribution >= 0.6 is 0 Å². The highest BCUT2D eigenvalue weighted by molar-refractivity contribution is 5.58. The Morgan fingerprint density at radius 1 is 1.20 bits per heavy atom. The normalized spacial score (nSPS) is 9.85. The molecule has 0 atom stereocenters. The van der Waals surface area contributed by atoms with Crippen molar-refractivity contribution in [3.8, 4) is 11.8 Å². The van der Waals surface area contributed by atoms with Crippen molar-refractivity contribution >= 4 is 5.69 Å². The van der Waals surface area contributed by atoms with Crippen LogP contribution in [0.15, 0.2) is 42.5 Å². The second-order valence-electron chi connectivity index (χ2n) is 4.26. The fourth-order valence-electron chi connectivity index (χ4n) is 2.03. The van der Waals surface area contributed by atoms with Gasteiger partial charge in [0.2, 0.25) is 0 Å². The summed E-state index contributed by atoms with van der Waals surface area (Å²) >= 11 is 0. The van der Waals surface area contributed by atoms with Gasteiger partial charge in [0.05, 0.1) is 12.8 Å². The topological polar surface area (TPSA) is 45.0 Å². The second-order valence-corrected chi connectivity index (χ2v) is 4.26. The molecule has 102 valence electrons. The largest absolute Gasteiger partial charge is 0.496 e. The molecule has 0 saturated carbocycles. The summed E-state index contributed by atoms with van der Waals surface area (Å²) in [5, 5.41) is 12.0. The Hall–Kier alpha value is -2.54. The van der Waals surface area contributed by atoms with Crippen LogP contribution in [0.2, 0.25) is 0 Å². The van der Waals surface area contributed by atoms with Crippen molar-refractivity contribution in [2.45, 2.75) is 6.42 Å². The van der Waals surface area contributed by atoms with Gasteiger partial charge in [-0.1, -0.05) is 24.3 Å². The number of hydrogen-bond acceptors (Lipinski definition) is 3. The van der Waals surface area contributed by atoms with Crippen molar-refractivity contribution in [2.75, 3.05) is 19.0 Å². The van der Waals surface area contributed by atoms with Gasteiger partial charge in [-0.25, -0.2) is 4.39 Å². The van der Waals surface area contributed by atoms with E-state index in [-0.39, 0.29) is 5.56 Å². The summed E-state index contributed by atoms with van der Waals surface area (Å²) in [6, 6.07) is 14.2. The first-order valence-corrected chi connectivity index (χ1v) is 6.30. The van der Waals surface area contributed by atoms with Crippen molar-refractivity contribution < 1.29 is 9.13 Å². The van der Waals surface area contributed by atoms with Gasteiger partial charge in [-0.05, 0) is 30.2 Å². The third-order valence-corrected chi connectivity index (χ3v) is 3.03. The molecular weight excluding hydrogens is 255 g/mol. The monoisotopic (exact) mass is 270 g/mol. The molecule has 0 bridgehead atoms. The summed E-state index contributed by atoms with van der Waals surface area (Å²) in [6.45, 7) is 0.596. The van der Waals surface area contributed by atoms with E-state index in [1.165, 1.54) is 6.07 Å². The third-order valence-electron chi connectivity index (χ3n) is 3.03. The lowest BCUT2D eigenvalue weighted by atomic mass is 10.1. The lowest BCUT2D eigenvalue weighted by Crippen LogP contribution is -2.07. The molecule has 0 radical (unpaired) electrons. The predicted molar refractivity (Wildman–Crippen MR) is 76.3 cm³/mol. The number of methoxy groups -OCH3 is 1. The second kappa shape index (κ2) is 6.58. The van der Waals surface area contributed by atoms with E-state index in [1.54, 1.807) is 19.2 Å². The van der Waals surface area contributed by atoms with Crippen LogP contribution in [0, 0.1) is 17.1 Å². The van der Waals surface area contributed by atoms with Crippen LogP contribution in [0.5, 0.6) is 5.75 Å². The van der Waals surface area contributed by atoms with Gasteiger partial charge in [0.15, 0.2) is 0 Å². The van der Waals surface area contributed by atoms with E-state index in [0.717, 1.165) is 17.7 Å². The Morgan fingerprint density at radius 3 is 2.75 bits per heavy atom. The van der Waals surface area contributed by atoms with E-state index in [4.69, 9.17) is 10.00 Å². The molecular formula is C16H15FN2O. The highest BCUT2D eigenvalue weighted by Crippen LogP contribution is 2.20. The molecule has 0 spiro atoms. The average Bonchev–Trinajstić information content (AvgIpc) is 2.48. The molecule has 0 aliphatic heterocycles. The first kappa shape index (κ1) is 13.9. The standard InChI is InChI=1S/C16H15FN2O/c1-20-16-8-3-2-5-12(16)9-10-19-15-7-4-6-14(17)13(15)11-18/h2-8,19H,9-10H2,1H3. The van der Waals surface area contributed by atoms with Crippen LogP contribution in [0.1, 0.15) is 11.1 Å². The molecule has 2 aromatic rings.